The Balaban J connectivity index is 1.28. The number of amides is 1. The van der Waals surface area contributed by atoms with E-state index in [-0.39, 0.29) is 6.04 Å². The molecule has 0 spiro atoms. The summed E-state index contributed by atoms with van der Waals surface area (Å²) in [5, 5.41) is 7.90. The number of carbonyl (C=O) groups excluding carboxylic acids is 2. The summed E-state index contributed by atoms with van der Waals surface area (Å²) >= 11 is 1.57. The minimum absolute atomic E-state index is 0.368. The Hall–Kier alpha value is -3.53. The maximum Gasteiger partial charge on any atom is 0.329 e. The van der Waals surface area contributed by atoms with Crippen molar-refractivity contribution in [3.8, 4) is 0 Å². The largest absolute Gasteiger partial charge is 0.467 e. The van der Waals surface area contributed by atoms with Gasteiger partial charge in [0.1, 0.15) is 17.8 Å². The van der Waals surface area contributed by atoms with Gasteiger partial charge in [0.15, 0.2) is 6.61 Å². The fourth-order valence-electron chi connectivity index (χ4n) is 4.19. The lowest BCUT2D eigenvalue weighted by Gasteiger charge is -2.33. The Morgan fingerprint density at radius 2 is 2.03 bits per heavy atom. The molecule has 0 radical (unpaired) electrons. The Morgan fingerprint density at radius 1 is 1.15 bits per heavy atom. The summed E-state index contributed by atoms with van der Waals surface area (Å²) in [5.41, 5.74) is 0.811. The van der Waals surface area contributed by atoms with Crippen molar-refractivity contribution in [2.75, 3.05) is 18.1 Å². The second-order valence-electron chi connectivity index (χ2n) is 7.86. The third-order valence-electron chi connectivity index (χ3n) is 5.76. The van der Waals surface area contributed by atoms with E-state index in [1.807, 2.05) is 28.5 Å². The summed E-state index contributed by atoms with van der Waals surface area (Å²) < 4.78 is 11.0. The molecule has 2 aliphatic heterocycles. The molecule has 0 saturated carbocycles. The average Bonchev–Trinajstić information content (AvgIpc) is 3.63. The second kappa shape index (κ2) is 9.53. The molecule has 2 atom stereocenters. The number of hydrogen-bond acceptors (Lipinski definition) is 9. The predicted octanol–water partition coefficient (Wildman–Crippen LogP) is 3.41. The third-order valence-corrected chi connectivity index (χ3v) is 6.68. The standard InChI is InChI=1S/C23H23N5O4S/c29-21(15-32-22(30)17-6-1-2-11-27(17)23-24-9-5-10-25-23)28-18(19-7-3-12-31-19)14-16(26-28)20-8-4-13-33-20/h3-5,7-10,12-13,17-18H,1-2,6,11,14-15H2. The molecular weight excluding hydrogens is 442 g/mol. The van der Waals surface area contributed by atoms with Crippen molar-refractivity contribution in [2.24, 2.45) is 5.10 Å². The molecule has 3 aromatic rings. The molecule has 2 aliphatic rings. The van der Waals surface area contributed by atoms with Crippen molar-refractivity contribution in [1.82, 2.24) is 15.0 Å². The highest BCUT2D eigenvalue weighted by Crippen LogP contribution is 2.34. The van der Waals surface area contributed by atoms with Crippen LogP contribution in [0.15, 0.2) is 63.9 Å². The molecule has 1 amide bonds. The van der Waals surface area contributed by atoms with Crippen LogP contribution in [0.3, 0.4) is 0 Å². The molecular formula is C23H23N5O4S. The van der Waals surface area contributed by atoms with E-state index < -0.39 is 24.5 Å². The molecule has 5 rings (SSSR count). The summed E-state index contributed by atoms with van der Waals surface area (Å²) in [5.74, 6) is 0.291. The first-order valence-corrected chi connectivity index (χ1v) is 11.8. The van der Waals surface area contributed by atoms with Crippen molar-refractivity contribution in [1.29, 1.82) is 0 Å². The average molecular weight is 466 g/mol. The quantitative estimate of drug-likeness (QED) is 0.514. The van der Waals surface area contributed by atoms with Crippen LogP contribution in [0.5, 0.6) is 0 Å². The minimum atomic E-state index is -0.515. The Bertz CT molecular complexity index is 1120. The molecule has 10 heteroatoms. The number of nitrogens with zero attached hydrogens (tertiary/aromatic N) is 5. The molecule has 3 aromatic heterocycles. The molecule has 0 N–H and O–H groups in total. The van der Waals surface area contributed by atoms with Gasteiger partial charge in [-0.15, -0.1) is 11.3 Å². The number of piperidine rings is 1. The lowest BCUT2D eigenvalue weighted by Crippen LogP contribution is -2.47. The number of hydrogen-bond donors (Lipinski definition) is 0. The molecule has 0 aromatic carbocycles. The normalized spacial score (nSPS) is 20.5. The monoisotopic (exact) mass is 465 g/mol. The second-order valence-corrected chi connectivity index (χ2v) is 8.81. The Morgan fingerprint density at radius 3 is 2.79 bits per heavy atom. The van der Waals surface area contributed by atoms with Gasteiger partial charge in [0.2, 0.25) is 5.95 Å². The van der Waals surface area contributed by atoms with E-state index in [0.29, 0.717) is 31.1 Å². The fourth-order valence-corrected chi connectivity index (χ4v) is 4.91. The van der Waals surface area contributed by atoms with Gasteiger partial charge in [0.05, 0.1) is 16.9 Å². The van der Waals surface area contributed by atoms with Crippen LogP contribution >= 0.6 is 11.3 Å². The van der Waals surface area contributed by atoms with Crippen LogP contribution in [0.1, 0.15) is 42.4 Å². The molecule has 0 bridgehead atoms. The SMILES string of the molecule is O=C(OCC(=O)N1N=C(c2cccs2)CC1c1ccco1)C1CCCCN1c1ncccn1. The van der Waals surface area contributed by atoms with Crippen LogP contribution < -0.4 is 4.90 Å². The number of carbonyl (C=O) groups is 2. The number of thiophene rings is 1. The van der Waals surface area contributed by atoms with Gasteiger partial charge in [-0.3, -0.25) is 4.79 Å². The van der Waals surface area contributed by atoms with E-state index in [1.165, 1.54) is 5.01 Å². The number of aromatic nitrogens is 2. The predicted molar refractivity (Wildman–Crippen MR) is 122 cm³/mol. The summed E-state index contributed by atoms with van der Waals surface area (Å²) in [6.07, 6.45) is 7.88. The zero-order chi connectivity index (χ0) is 22.6. The zero-order valence-corrected chi connectivity index (χ0v) is 18.7. The van der Waals surface area contributed by atoms with Gasteiger partial charge in [-0.25, -0.2) is 19.8 Å². The molecule has 0 aliphatic carbocycles. The maximum absolute atomic E-state index is 13.1. The highest BCUT2D eigenvalue weighted by Gasteiger charge is 2.37. The van der Waals surface area contributed by atoms with Gasteiger partial charge in [0, 0.05) is 25.4 Å². The molecule has 33 heavy (non-hydrogen) atoms. The summed E-state index contributed by atoms with van der Waals surface area (Å²) in [4.78, 5) is 37.4. The van der Waals surface area contributed by atoms with E-state index in [2.05, 4.69) is 15.1 Å². The molecule has 170 valence electrons. The van der Waals surface area contributed by atoms with Gasteiger partial charge < -0.3 is 14.1 Å². The van der Waals surface area contributed by atoms with Crippen molar-refractivity contribution in [3.05, 3.63) is 65.0 Å². The highest BCUT2D eigenvalue weighted by atomic mass is 32.1. The van der Waals surface area contributed by atoms with Gasteiger partial charge in [-0.1, -0.05) is 6.07 Å². The van der Waals surface area contributed by atoms with Gasteiger partial charge in [0.25, 0.3) is 5.91 Å². The van der Waals surface area contributed by atoms with Crippen molar-refractivity contribution < 1.29 is 18.7 Å². The number of anilines is 1. The third kappa shape index (κ3) is 4.51. The van der Waals surface area contributed by atoms with Crippen molar-refractivity contribution >= 4 is 34.9 Å². The van der Waals surface area contributed by atoms with Gasteiger partial charge >= 0.3 is 5.97 Å². The number of ether oxygens (including phenoxy) is 1. The van der Waals surface area contributed by atoms with Gasteiger partial charge in [-0.05, 0) is 48.9 Å². The zero-order valence-electron chi connectivity index (χ0n) is 17.9. The van der Waals surface area contributed by atoms with Crippen LogP contribution in [0.25, 0.3) is 0 Å². The van der Waals surface area contributed by atoms with Crippen LogP contribution in [-0.2, 0) is 14.3 Å². The van der Waals surface area contributed by atoms with E-state index in [4.69, 9.17) is 9.15 Å². The first-order valence-electron chi connectivity index (χ1n) is 10.9. The number of furan rings is 1. The molecule has 1 fully saturated rings. The van der Waals surface area contributed by atoms with Gasteiger partial charge in [-0.2, -0.15) is 5.10 Å². The topological polar surface area (TPSA) is 101 Å². The molecule has 2 unspecified atom stereocenters. The van der Waals surface area contributed by atoms with Crippen molar-refractivity contribution in [2.45, 2.75) is 37.8 Å². The van der Waals surface area contributed by atoms with Crippen molar-refractivity contribution in [3.63, 3.8) is 0 Å². The number of rotatable bonds is 6. The first-order chi connectivity index (χ1) is 16.2. The lowest BCUT2D eigenvalue weighted by molar-refractivity contribution is -0.154. The molecule has 1 saturated heterocycles. The first kappa shape index (κ1) is 21.3. The summed E-state index contributed by atoms with van der Waals surface area (Å²) in [7, 11) is 0. The van der Waals surface area contributed by atoms with Crippen LogP contribution in [0.4, 0.5) is 5.95 Å². The molecule has 5 heterocycles. The van der Waals surface area contributed by atoms with Crippen LogP contribution in [0.2, 0.25) is 0 Å². The Labute approximate surface area is 194 Å². The highest BCUT2D eigenvalue weighted by molar-refractivity contribution is 7.12. The van der Waals surface area contributed by atoms with E-state index in [1.54, 1.807) is 42.1 Å². The minimum Gasteiger partial charge on any atom is -0.467 e. The summed E-state index contributed by atoms with van der Waals surface area (Å²) in [6.45, 7) is 0.274. The summed E-state index contributed by atoms with van der Waals surface area (Å²) in [6, 6.07) is 8.37. The van der Waals surface area contributed by atoms with E-state index in [9.17, 15) is 9.59 Å². The van der Waals surface area contributed by atoms with Crippen LogP contribution in [0, 0.1) is 0 Å². The number of hydrazone groups is 1. The number of esters is 1. The van der Waals surface area contributed by atoms with Crippen LogP contribution in [-0.4, -0.2) is 51.8 Å². The van der Waals surface area contributed by atoms with E-state index >= 15 is 0 Å². The smallest absolute Gasteiger partial charge is 0.329 e. The fraction of sp³-hybridized carbons (Fsp3) is 0.348. The lowest BCUT2D eigenvalue weighted by atomic mass is 10.0. The Kier molecular flexibility index (Phi) is 6.16. The molecule has 9 nitrogen and oxygen atoms in total. The van der Waals surface area contributed by atoms with E-state index in [0.717, 1.165) is 23.4 Å². The maximum atomic E-state index is 13.1.